The standard InChI is InChI=1S/C25H28N4O3S/c1-19(30)29(21-9-4-2-5-10-21)25-27-20(18-33-25)12-13-24(31)26-17-22(23-11-8-16-32-23)28-14-6-3-7-15-28/h2,4-5,8-13,16,18,22H,3,6-7,14-15,17H2,1H3,(H,26,31)/b13-12+. The molecule has 1 fully saturated rings. The fourth-order valence-electron chi connectivity index (χ4n) is 4.00. The number of furan rings is 1. The molecule has 0 bridgehead atoms. The monoisotopic (exact) mass is 464 g/mol. The van der Waals surface area contributed by atoms with Gasteiger partial charge in [-0.15, -0.1) is 11.3 Å². The van der Waals surface area contributed by atoms with Gasteiger partial charge in [-0.25, -0.2) is 4.98 Å². The number of amides is 2. The summed E-state index contributed by atoms with van der Waals surface area (Å²) in [7, 11) is 0. The van der Waals surface area contributed by atoms with Gasteiger partial charge in [-0.3, -0.25) is 19.4 Å². The highest BCUT2D eigenvalue weighted by atomic mass is 32.1. The van der Waals surface area contributed by atoms with Crippen LogP contribution in [0.25, 0.3) is 6.08 Å². The predicted octanol–water partition coefficient (Wildman–Crippen LogP) is 4.78. The van der Waals surface area contributed by atoms with E-state index in [1.165, 1.54) is 30.8 Å². The SMILES string of the molecule is CC(=O)N(c1ccccc1)c1nc(/C=C/C(=O)NCC(c2ccco2)N2CCCCC2)cs1. The van der Waals surface area contributed by atoms with Crippen molar-refractivity contribution in [3.8, 4) is 0 Å². The molecule has 0 radical (unpaired) electrons. The molecule has 33 heavy (non-hydrogen) atoms. The van der Waals surface area contributed by atoms with Crippen LogP contribution in [-0.4, -0.2) is 41.3 Å². The second-order valence-corrected chi connectivity index (χ2v) is 8.79. The number of hydrogen-bond acceptors (Lipinski definition) is 6. The van der Waals surface area contributed by atoms with Crippen molar-refractivity contribution in [1.29, 1.82) is 0 Å². The van der Waals surface area contributed by atoms with Crippen LogP contribution in [0.2, 0.25) is 0 Å². The lowest BCUT2D eigenvalue weighted by molar-refractivity contribution is -0.117. The molecular weight excluding hydrogens is 436 g/mol. The summed E-state index contributed by atoms with van der Waals surface area (Å²) in [6, 6.07) is 13.3. The number of carbonyl (C=O) groups is 2. The van der Waals surface area contributed by atoms with Crippen LogP contribution >= 0.6 is 11.3 Å². The maximum Gasteiger partial charge on any atom is 0.244 e. The van der Waals surface area contributed by atoms with Crippen LogP contribution < -0.4 is 10.2 Å². The van der Waals surface area contributed by atoms with Crippen LogP contribution in [0.4, 0.5) is 10.8 Å². The highest BCUT2D eigenvalue weighted by Gasteiger charge is 2.24. The number of nitrogens with one attached hydrogen (secondary N) is 1. The molecule has 3 heterocycles. The normalized spacial score (nSPS) is 15.4. The van der Waals surface area contributed by atoms with Crippen LogP contribution in [0.1, 0.15) is 43.7 Å². The Morgan fingerprint density at radius 3 is 2.67 bits per heavy atom. The lowest BCUT2D eigenvalue weighted by Crippen LogP contribution is -2.40. The second-order valence-electron chi connectivity index (χ2n) is 7.95. The predicted molar refractivity (Wildman–Crippen MR) is 130 cm³/mol. The highest BCUT2D eigenvalue weighted by Crippen LogP contribution is 2.29. The Morgan fingerprint density at radius 1 is 1.18 bits per heavy atom. The number of likely N-dealkylation sites (tertiary alicyclic amines) is 1. The number of nitrogens with zero attached hydrogens (tertiary/aromatic N) is 3. The first-order valence-corrected chi connectivity index (χ1v) is 12.0. The molecule has 2 amide bonds. The Kier molecular flexibility index (Phi) is 7.70. The molecule has 0 spiro atoms. The van der Waals surface area contributed by atoms with Gasteiger partial charge in [-0.05, 0) is 56.3 Å². The van der Waals surface area contributed by atoms with Crippen LogP contribution in [-0.2, 0) is 9.59 Å². The molecule has 0 saturated carbocycles. The Labute approximate surface area is 197 Å². The van der Waals surface area contributed by atoms with E-state index in [1.54, 1.807) is 17.2 Å². The molecule has 0 aliphatic carbocycles. The van der Waals surface area contributed by atoms with E-state index in [2.05, 4.69) is 15.2 Å². The molecule has 172 valence electrons. The van der Waals surface area contributed by atoms with E-state index < -0.39 is 0 Å². The summed E-state index contributed by atoms with van der Waals surface area (Å²) >= 11 is 1.36. The van der Waals surface area contributed by atoms with Gasteiger partial charge in [0.25, 0.3) is 0 Å². The summed E-state index contributed by atoms with van der Waals surface area (Å²) in [4.78, 5) is 33.2. The fraction of sp³-hybridized carbons (Fsp3) is 0.320. The van der Waals surface area contributed by atoms with Gasteiger partial charge in [0.05, 0.1) is 23.7 Å². The van der Waals surface area contributed by atoms with Crippen molar-refractivity contribution in [2.45, 2.75) is 32.2 Å². The zero-order chi connectivity index (χ0) is 23.0. The second kappa shape index (κ2) is 11.1. The van der Waals surface area contributed by atoms with Crippen molar-refractivity contribution in [2.24, 2.45) is 0 Å². The van der Waals surface area contributed by atoms with E-state index in [4.69, 9.17) is 4.42 Å². The van der Waals surface area contributed by atoms with Gasteiger partial charge in [0.1, 0.15) is 5.76 Å². The third-order valence-electron chi connectivity index (χ3n) is 5.61. The number of anilines is 2. The van der Waals surface area contributed by atoms with Crippen molar-refractivity contribution >= 4 is 40.0 Å². The van der Waals surface area contributed by atoms with E-state index in [0.29, 0.717) is 17.4 Å². The molecule has 1 saturated heterocycles. The molecule has 4 rings (SSSR count). The van der Waals surface area contributed by atoms with Crippen molar-refractivity contribution < 1.29 is 14.0 Å². The zero-order valence-corrected chi connectivity index (χ0v) is 19.5. The molecule has 1 atom stereocenters. The van der Waals surface area contributed by atoms with E-state index in [0.717, 1.165) is 37.4 Å². The van der Waals surface area contributed by atoms with Crippen molar-refractivity contribution in [2.75, 3.05) is 24.5 Å². The van der Waals surface area contributed by atoms with Gasteiger partial charge in [0.15, 0.2) is 5.13 Å². The topological polar surface area (TPSA) is 78.7 Å². The lowest BCUT2D eigenvalue weighted by Gasteiger charge is -2.33. The van der Waals surface area contributed by atoms with E-state index in [-0.39, 0.29) is 17.9 Å². The van der Waals surface area contributed by atoms with Crippen LogP contribution in [0.5, 0.6) is 0 Å². The number of piperidine rings is 1. The molecule has 8 heteroatoms. The molecule has 1 aliphatic rings. The summed E-state index contributed by atoms with van der Waals surface area (Å²) in [6.07, 6.45) is 8.40. The number of para-hydroxylation sites is 1. The maximum absolute atomic E-state index is 12.5. The summed E-state index contributed by atoms with van der Waals surface area (Å²) in [5.74, 6) is 0.561. The third-order valence-corrected chi connectivity index (χ3v) is 6.45. The molecule has 1 aliphatic heterocycles. The van der Waals surface area contributed by atoms with Gasteiger partial charge < -0.3 is 9.73 Å². The van der Waals surface area contributed by atoms with Crippen molar-refractivity contribution in [3.63, 3.8) is 0 Å². The average molecular weight is 465 g/mol. The number of benzene rings is 1. The first-order chi connectivity index (χ1) is 16.1. The molecule has 7 nitrogen and oxygen atoms in total. The maximum atomic E-state index is 12.5. The van der Waals surface area contributed by atoms with Crippen LogP contribution in [0.3, 0.4) is 0 Å². The van der Waals surface area contributed by atoms with E-state index in [1.807, 2.05) is 47.8 Å². The van der Waals surface area contributed by atoms with E-state index >= 15 is 0 Å². The summed E-state index contributed by atoms with van der Waals surface area (Å²) < 4.78 is 5.64. The van der Waals surface area contributed by atoms with Gasteiger partial charge in [-0.2, -0.15) is 0 Å². The molecular formula is C25H28N4O3S. The molecule has 2 aromatic heterocycles. The Hall–Kier alpha value is -3.23. The first kappa shape index (κ1) is 22.9. The zero-order valence-electron chi connectivity index (χ0n) is 18.6. The Morgan fingerprint density at radius 2 is 1.97 bits per heavy atom. The van der Waals surface area contributed by atoms with Crippen molar-refractivity contribution in [3.05, 3.63) is 71.6 Å². The first-order valence-electron chi connectivity index (χ1n) is 11.2. The highest BCUT2D eigenvalue weighted by molar-refractivity contribution is 7.14. The Balaban J connectivity index is 1.38. The summed E-state index contributed by atoms with van der Waals surface area (Å²) in [5, 5.41) is 5.39. The van der Waals surface area contributed by atoms with Gasteiger partial charge in [0, 0.05) is 24.9 Å². The van der Waals surface area contributed by atoms with Gasteiger partial charge >= 0.3 is 0 Å². The number of hydrogen-bond donors (Lipinski definition) is 1. The summed E-state index contributed by atoms with van der Waals surface area (Å²) in [6.45, 7) is 4.00. The molecule has 1 unspecified atom stereocenters. The quantitative estimate of drug-likeness (QED) is 0.486. The molecule has 3 aromatic rings. The number of rotatable bonds is 8. The summed E-state index contributed by atoms with van der Waals surface area (Å²) in [5.41, 5.74) is 1.39. The molecule has 1 N–H and O–H groups in total. The third kappa shape index (κ3) is 5.97. The minimum Gasteiger partial charge on any atom is -0.468 e. The van der Waals surface area contributed by atoms with Crippen LogP contribution in [0, 0.1) is 0 Å². The van der Waals surface area contributed by atoms with E-state index in [9.17, 15) is 9.59 Å². The average Bonchev–Trinajstić information content (AvgIpc) is 3.52. The smallest absolute Gasteiger partial charge is 0.244 e. The number of carbonyl (C=O) groups excluding carboxylic acids is 2. The number of aromatic nitrogens is 1. The van der Waals surface area contributed by atoms with Crippen LogP contribution in [0.15, 0.2) is 64.6 Å². The van der Waals surface area contributed by atoms with Gasteiger partial charge in [0.2, 0.25) is 11.8 Å². The van der Waals surface area contributed by atoms with Gasteiger partial charge in [-0.1, -0.05) is 24.6 Å². The minimum absolute atomic E-state index is 0.0264. The largest absolute Gasteiger partial charge is 0.468 e. The van der Waals surface area contributed by atoms with Crippen molar-refractivity contribution in [1.82, 2.24) is 15.2 Å². The number of thiazole rings is 1. The fourth-order valence-corrected chi connectivity index (χ4v) is 4.85. The molecule has 1 aromatic carbocycles. The lowest BCUT2D eigenvalue weighted by atomic mass is 10.1. The Bertz CT molecular complexity index is 1070. The minimum atomic E-state index is -0.190.